The number of thioether (sulfide) groups is 1. The van der Waals surface area contributed by atoms with Gasteiger partial charge < -0.3 is 5.32 Å². The number of aromatic nitrogens is 2. The average molecular weight is 318 g/mol. The lowest BCUT2D eigenvalue weighted by Crippen LogP contribution is -2.24. The van der Waals surface area contributed by atoms with Gasteiger partial charge in [-0.15, -0.1) is 6.58 Å². The smallest absolute Gasteiger partial charge is 0.283 e. The van der Waals surface area contributed by atoms with E-state index in [0.29, 0.717) is 11.0 Å². The number of allylic oxidation sites excluding steroid dienone is 1. The third-order valence-corrected chi connectivity index (χ3v) is 3.59. The van der Waals surface area contributed by atoms with Gasteiger partial charge in [-0.25, -0.2) is 4.68 Å². The van der Waals surface area contributed by atoms with Crippen LogP contribution in [0.4, 0.5) is 5.69 Å². The molecule has 0 amide bonds. The van der Waals surface area contributed by atoms with Crippen molar-refractivity contribution in [1.82, 2.24) is 9.78 Å². The summed E-state index contributed by atoms with van der Waals surface area (Å²) in [5.74, 6) is 1.10. The molecular formula is C11H16BrN3OS. The fourth-order valence-electron chi connectivity index (χ4n) is 1.28. The van der Waals surface area contributed by atoms with Crippen molar-refractivity contribution in [3.05, 3.63) is 33.7 Å². The molecular weight excluding hydrogens is 302 g/mol. The van der Waals surface area contributed by atoms with Crippen LogP contribution in [0.3, 0.4) is 0 Å². The first-order chi connectivity index (χ1) is 8.20. The number of anilines is 1. The lowest BCUT2D eigenvalue weighted by Gasteiger charge is -2.09. The third kappa shape index (κ3) is 4.20. The molecule has 1 aromatic rings. The van der Waals surface area contributed by atoms with Crippen LogP contribution < -0.4 is 10.9 Å². The van der Waals surface area contributed by atoms with Crippen LogP contribution >= 0.6 is 27.7 Å². The van der Waals surface area contributed by atoms with Gasteiger partial charge in [0.05, 0.1) is 18.4 Å². The molecule has 94 valence electrons. The topological polar surface area (TPSA) is 46.9 Å². The summed E-state index contributed by atoms with van der Waals surface area (Å²) in [5, 5.41) is 7.26. The van der Waals surface area contributed by atoms with Crippen molar-refractivity contribution in [2.45, 2.75) is 13.0 Å². The van der Waals surface area contributed by atoms with Gasteiger partial charge in [0.1, 0.15) is 4.47 Å². The average Bonchev–Trinajstić information content (AvgIpc) is 2.33. The maximum Gasteiger partial charge on any atom is 0.283 e. The molecule has 0 atom stereocenters. The van der Waals surface area contributed by atoms with Crippen molar-refractivity contribution in [1.29, 1.82) is 0 Å². The number of hydrogen-bond donors (Lipinski definition) is 1. The largest absolute Gasteiger partial charge is 0.383 e. The van der Waals surface area contributed by atoms with Gasteiger partial charge in [0.25, 0.3) is 5.56 Å². The maximum absolute atomic E-state index is 11.8. The Labute approximate surface area is 114 Å². The molecule has 0 bridgehead atoms. The van der Waals surface area contributed by atoms with E-state index in [2.05, 4.69) is 39.2 Å². The molecule has 1 aromatic heterocycles. The van der Waals surface area contributed by atoms with E-state index in [1.54, 1.807) is 12.3 Å². The van der Waals surface area contributed by atoms with Crippen LogP contribution in [0.25, 0.3) is 0 Å². The molecule has 0 aliphatic rings. The summed E-state index contributed by atoms with van der Waals surface area (Å²) in [5.41, 5.74) is 0.608. The molecule has 0 saturated heterocycles. The molecule has 0 radical (unpaired) electrons. The Morgan fingerprint density at radius 1 is 1.71 bits per heavy atom. The summed E-state index contributed by atoms with van der Waals surface area (Å²) < 4.78 is 1.89. The highest BCUT2D eigenvalue weighted by molar-refractivity contribution is 9.10. The number of nitrogens with zero attached hydrogens (tertiary/aromatic N) is 2. The molecule has 0 aliphatic heterocycles. The summed E-state index contributed by atoms with van der Waals surface area (Å²) in [6.45, 7) is 4.85. The molecule has 0 fully saturated rings. The minimum atomic E-state index is -0.139. The van der Waals surface area contributed by atoms with Gasteiger partial charge >= 0.3 is 0 Å². The quantitative estimate of drug-likeness (QED) is 0.619. The van der Waals surface area contributed by atoms with Gasteiger partial charge in [0.15, 0.2) is 0 Å². The molecule has 17 heavy (non-hydrogen) atoms. The summed E-state index contributed by atoms with van der Waals surface area (Å²) in [6.07, 6.45) is 6.44. The second-order valence-electron chi connectivity index (χ2n) is 3.42. The van der Waals surface area contributed by atoms with Gasteiger partial charge in [0, 0.05) is 6.54 Å². The van der Waals surface area contributed by atoms with Gasteiger partial charge in [-0.1, -0.05) is 6.08 Å². The number of halogens is 1. The highest BCUT2D eigenvalue weighted by Gasteiger charge is 2.07. The van der Waals surface area contributed by atoms with Crippen molar-refractivity contribution in [3.8, 4) is 0 Å². The second kappa shape index (κ2) is 7.55. The zero-order valence-corrected chi connectivity index (χ0v) is 12.2. The van der Waals surface area contributed by atoms with E-state index in [0.717, 1.165) is 24.4 Å². The molecule has 0 unspecified atom stereocenters. The SMILES string of the molecule is C=CCn1ncc(NCCCSC)c(Br)c1=O. The first kappa shape index (κ1) is 14.3. The highest BCUT2D eigenvalue weighted by atomic mass is 79.9. The fourth-order valence-corrected chi connectivity index (χ4v) is 2.16. The molecule has 6 heteroatoms. The molecule has 1 rings (SSSR count). The van der Waals surface area contributed by atoms with Crippen LogP contribution in [0.15, 0.2) is 28.1 Å². The first-order valence-electron chi connectivity index (χ1n) is 5.30. The van der Waals surface area contributed by atoms with Crippen molar-refractivity contribution >= 4 is 33.4 Å². The Morgan fingerprint density at radius 2 is 2.47 bits per heavy atom. The summed E-state index contributed by atoms with van der Waals surface area (Å²) in [4.78, 5) is 11.8. The van der Waals surface area contributed by atoms with Gasteiger partial charge in [-0.05, 0) is 34.4 Å². The monoisotopic (exact) mass is 317 g/mol. The van der Waals surface area contributed by atoms with Gasteiger partial charge in [0.2, 0.25) is 0 Å². The Morgan fingerprint density at radius 3 is 3.12 bits per heavy atom. The van der Waals surface area contributed by atoms with E-state index < -0.39 is 0 Å². The summed E-state index contributed by atoms with van der Waals surface area (Å²) in [7, 11) is 0. The maximum atomic E-state index is 11.8. The zero-order valence-electron chi connectivity index (χ0n) is 9.78. The van der Waals surface area contributed by atoms with Crippen molar-refractivity contribution in [2.75, 3.05) is 23.9 Å². The first-order valence-corrected chi connectivity index (χ1v) is 7.48. The zero-order chi connectivity index (χ0) is 12.7. The fraction of sp³-hybridized carbons (Fsp3) is 0.455. The molecule has 0 spiro atoms. The number of nitrogens with one attached hydrogen (secondary N) is 1. The summed E-state index contributed by atoms with van der Waals surface area (Å²) >= 11 is 5.10. The predicted octanol–water partition coefficient (Wildman–Crippen LogP) is 2.36. The Hall–Kier alpha value is -0.750. The summed E-state index contributed by atoms with van der Waals surface area (Å²) in [6, 6.07) is 0. The van der Waals surface area contributed by atoms with Crippen LogP contribution in [0.1, 0.15) is 6.42 Å². The lowest BCUT2D eigenvalue weighted by atomic mass is 10.4. The predicted molar refractivity (Wildman–Crippen MR) is 77.9 cm³/mol. The standard InChI is InChI=1S/C11H16BrN3OS/c1-3-6-15-11(16)10(12)9(8-14-15)13-5-4-7-17-2/h3,8,13H,1,4-7H2,2H3. The van der Waals surface area contributed by atoms with Crippen LogP contribution in [-0.4, -0.2) is 28.3 Å². The minimum absolute atomic E-state index is 0.139. The Bertz CT molecular complexity index is 433. The van der Waals surface area contributed by atoms with Crippen molar-refractivity contribution in [2.24, 2.45) is 0 Å². The molecule has 0 aliphatic carbocycles. The number of rotatable bonds is 7. The molecule has 4 nitrogen and oxygen atoms in total. The van der Waals surface area contributed by atoms with E-state index in [1.165, 1.54) is 4.68 Å². The minimum Gasteiger partial charge on any atom is -0.383 e. The van der Waals surface area contributed by atoms with Crippen LogP contribution in [0.2, 0.25) is 0 Å². The highest BCUT2D eigenvalue weighted by Crippen LogP contribution is 2.16. The van der Waals surface area contributed by atoms with E-state index >= 15 is 0 Å². The Balaban J connectivity index is 2.71. The molecule has 0 aromatic carbocycles. The number of hydrogen-bond acceptors (Lipinski definition) is 4. The van der Waals surface area contributed by atoms with Crippen molar-refractivity contribution in [3.63, 3.8) is 0 Å². The van der Waals surface area contributed by atoms with Crippen LogP contribution in [-0.2, 0) is 6.54 Å². The van der Waals surface area contributed by atoms with Crippen LogP contribution in [0, 0.1) is 0 Å². The lowest BCUT2D eigenvalue weighted by molar-refractivity contribution is 0.649. The third-order valence-electron chi connectivity index (χ3n) is 2.13. The molecule has 1 N–H and O–H groups in total. The van der Waals surface area contributed by atoms with Crippen molar-refractivity contribution < 1.29 is 0 Å². The van der Waals surface area contributed by atoms with E-state index in [1.807, 2.05) is 11.8 Å². The molecule has 0 saturated carbocycles. The van der Waals surface area contributed by atoms with E-state index in [-0.39, 0.29) is 5.56 Å². The van der Waals surface area contributed by atoms with Gasteiger partial charge in [-0.2, -0.15) is 16.9 Å². The normalized spacial score (nSPS) is 10.2. The second-order valence-corrected chi connectivity index (χ2v) is 5.20. The van der Waals surface area contributed by atoms with E-state index in [9.17, 15) is 4.79 Å². The van der Waals surface area contributed by atoms with Crippen LogP contribution in [0.5, 0.6) is 0 Å². The molecule has 1 heterocycles. The van der Waals surface area contributed by atoms with Gasteiger partial charge in [-0.3, -0.25) is 4.79 Å². The Kier molecular flexibility index (Phi) is 6.36. The van der Waals surface area contributed by atoms with E-state index in [4.69, 9.17) is 0 Å².